The summed E-state index contributed by atoms with van der Waals surface area (Å²) < 4.78 is 39.3. The van der Waals surface area contributed by atoms with Crippen LogP contribution in [-0.2, 0) is 35.8 Å². The van der Waals surface area contributed by atoms with Crippen LogP contribution in [0.1, 0.15) is 36.5 Å². The first kappa shape index (κ1) is 21.9. The summed E-state index contributed by atoms with van der Waals surface area (Å²) in [7, 11) is 0. The van der Waals surface area contributed by atoms with Gasteiger partial charge < -0.3 is 19.4 Å². The molecule has 8 nitrogen and oxygen atoms in total. The van der Waals surface area contributed by atoms with E-state index >= 15 is 0 Å². The predicted octanol–water partition coefficient (Wildman–Crippen LogP) is 2.54. The Balaban J connectivity index is 0.000000318. The van der Waals surface area contributed by atoms with Crippen molar-refractivity contribution < 1.29 is 32.3 Å². The minimum atomic E-state index is -5.08. The lowest BCUT2D eigenvalue weighted by molar-refractivity contribution is -0.192. The van der Waals surface area contributed by atoms with Crippen molar-refractivity contribution in [3.8, 4) is 0 Å². The summed E-state index contributed by atoms with van der Waals surface area (Å²) >= 11 is 0. The van der Waals surface area contributed by atoms with Gasteiger partial charge in [0.25, 0.3) is 0 Å². The molecule has 11 heteroatoms. The molecule has 0 spiro atoms. The molecule has 0 saturated heterocycles. The minimum Gasteiger partial charge on any atom is -0.475 e. The summed E-state index contributed by atoms with van der Waals surface area (Å²) in [6, 6.07) is 3.92. The highest BCUT2D eigenvalue weighted by Gasteiger charge is 2.38. The molecular formula is C19H23F3N4O4. The molecular weight excluding hydrogens is 405 g/mol. The molecule has 1 aliphatic heterocycles. The number of furan rings is 1. The fourth-order valence-electron chi connectivity index (χ4n) is 3.05. The molecule has 1 fully saturated rings. The second-order valence-electron chi connectivity index (χ2n) is 7.36. The first-order valence-corrected chi connectivity index (χ1v) is 9.57. The molecule has 164 valence electrons. The van der Waals surface area contributed by atoms with E-state index in [0.717, 1.165) is 43.5 Å². The van der Waals surface area contributed by atoms with Crippen molar-refractivity contribution in [3.05, 3.63) is 41.9 Å². The van der Waals surface area contributed by atoms with Gasteiger partial charge in [-0.15, -0.1) is 0 Å². The number of nitrogens with one attached hydrogen (secondary N) is 1. The third-order valence-electron chi connectivity index (χ3n) is 4.77. The number of carboxylic acid groups (broad SMARTS) is 1. The zero-order valence-corrected chi connectivity index (χ0v) is 16.2. The Morgan fingerprint density at radius 2 is 2.03 bits per heavy atom. The van der Waals surface area contributed by atoms with Crippen LogP contribution in [0.2, 0.25) is 0 Å². The van der Waals surface area contributed by atoms with E-state index in [4.69, 9.17) is 14.3 Å². The number of halogens is 3. The molecule has 0 atom stereocenters. The molecule has 0 bridgehead atoms. The zero-order chi connectivity index (χ0) is 21.7. The van der Waals surface area contributed by atoms with Gasteiger partial charge in [-0.2, -0.15) is 13.2 Å². The number of rotatable bonds is 6. The number of carbonyl (C=O) groups is 2. The number of hydrogen-bond acceptors (Lipinski definition) is 5. The average Bonchev–Trinajstić information content (AvgIpc) is 3.16. The summed E-state index contributed by atoms with van der Waals surface area (Å²) in [5.41, 5.74) is 0.948. The van der Waals surface area contributed by atoms with Crippen molar-refractivity contribution in [2.75, 3.05) is 6.54 Å². The van der Waals surface area contributed by atoms with Crippen molar-refractivity contribution in [1.82, 2.24) is 19.8 Å². The molecule has 2 aliphatic rings. The number of fused-ring (bicyclic) bond motifs is 1. The fourth-order valence-corrected chi connectivity index (χ4v) is 3.05. The van der Waals surface area contributed by atoms with E-state index in [9.17, 15) is 18.0 Å². The summed E-state index contributed by atoms with van der Waals surface area (Å²) in [4.78, 5) is 27.7. The monoisotopic (exact) mass is 428 g/mol. The number of hydrogen-bond donors (Lipinski definition) is 2. The number of nitrogens with zero attached hydrogens (tertiary/aromatic N) is 3. The predicted molar refractivity (Wildman–Crippen MR) is 97.9 cm³/mol. The topological polar surface area (TPSA) is 101 Å². The molecule has 1 aliphatic carbocycles. The summed E-state index contributed by atoms with van der Waals surface area (Å²) in [5, 5.41) is 10.1. The van der Waals surface area contributed by atoms with Gasteiger partial charge in [-0.3, -0.25) is 9.69 Å². The van der Waals surface area contributed by atoms with Gasteiger partial charge in [0, 0.05) is 25.7 Å². The lowest BCUT2D eigenvalue weighted by Crippen LogP contribution is -2.33. The van der Waals surface area contributed by atoms with Gasteiger partial charge in [-0.25, -0.2) is 9.78 Å². The van der Waals surface area contributed by atoms with Crippen LogP contribution >= 0.6 is 0 Å². The largest absolute Gasteiger partial charge is 0.490 e. The molecule has 2 aromatic rings. The quantitative estimate of drug-likeness (QED) is 0.734. The van der Waals surface area contributed by atoms with Gasteiger partial charge in [-0.05, 0) is 30.9 Å². The number of amides is 1. The molecule has 2 aromatic heterocycles. The van der Waals surface area contributed by atoms with Gasteiger partial charge in [-0.1, -0.05) is 0 Å². The summed E-state index contributed by atoms with van der Waals surface area (Å²) in [6.07, 6.45) is 1.78. The number of aliphatic carboxylic acids is 1. The van der Waals surface area contributed by atoms with Gasteiger partial charge in [0.1, 0.15) is 11.6 Å². The smallest absolute Gasteiger partial charge is 0.475 e. The Kier molecular flexibility index (Phi) is 6.80. The Hall–Kier alpha value is -2.82. The second kappa shape index (κ2) is 9.33. The van der Waals surface area contributed by atoms with Crippen LogP contribution in [0.25, 0.3) is 0 Å². The van der Waals surface area contributed by atoms with Gasteiger partial charge >= 0.3 is 12.1 Å². The highest BCUT2D eigenvalue weighted by atomic mass is 19.4. The molecule has 30 heavy (non-hydrogen) atoms. The number of carbonyl (C=O) groups excluding carboxylic acids is 1. The number of alkyl halides is 3. The average molecular weight is 428 g/mol. The number of imidazole rings is 1. The third-order valence-corrected chi connectivity index (χ3v) is 4.77. The van der Waals surface area contributed by atoms with E-state index in [1.165, 1.54) is 12.8 Å². The maximum absolute atomic E-state index is 11.8. The van der Waals surface area contributed by atoms with Crippen molar-refractivity contribution in [1.29, 1.82) is 0 Å². The first-order valence-electron chi connectivity index (χ1n) is 9.57. The van der Waals surface area contributed by atoms with E-state index in [0.29, 0.717) is 18.9 Å². The first-order chi connectivity index (χ1) is 14.2. The van der Waals surface area contributed by atoms with Gasteiger partial charge in [0.15, 0.2) is 0 Å². The normalized spacial score (nSPS) is 16.4. The number of aromatic nitrogens is 2. The van der Waals surface area contributed by atoms with E-state index in [-0.39, 0.29) is 5.91 Å². The number of carboxylic acids is 1. The SMILES string of the molecule is O=C(CC1CC1)NCc1cn2c(n1)CN(Cc1ccco1)CC2.O=C(O)C(F)(F)F. The van der Waals surface area contributed by atoms with E-state index in [2.05, 4.69) is 26.0 Å². The van der Waals surface area contributed by atoms with Crippen LogP contribution in [0.5, 0.6) is 0 Å². The lowest BCUT2D eigenvalue weighted by Gasteiger charge is -2.26. The minimum absolute atomic E-state index is 0.151. The van der Waals surface area contributed by atoms with Crippen LogP contribution in [0, 0.1) is 5.92 Å². The molecule has 4 rings (SSSR count). The molecule has 1 saturated carbocycles. The van der Waals surface area contributed by atoms with Gasteiger partial charge in [0.2, 0.25) is 5.91 Å². The molecule has 0 aromatic carbocycles. The van der Waals surface area contributed by atoms with Crippen molar-refractivity contribution in [3.63, 3.8) is 0 Å². The Morgan fingerprint density at radius 3 is 2.63 bits per heavy atom. The fraction of sp³-hybridized carbons (Fsp3) is 0.526. The van der Waals surface area contributed by atoms with Crippen LogP contribution in [0.15, 0.2) is 29.0 Å². The Labute approximate surface area is 170 Å². The molecule has 2 N–H and O–H groups in total. The van der Waals surface area contributed by atoms with Gasteiger partial charge in [0.05, 0.1) is 31.6 Å². The maximum atomic E-state index is 11.8. The summed E-state index contributed by atoms with van der Waals surface area (Å²) in [5.74, 6) is 0.0672. The van der Waals surface area contributed by atoms with Crippen LogP contribution in [0.4, 0.5) is 13.2 Å². The summed E-state index contributed by atoms with van der Waals surface area (Å²) in [6.45, 7) is 4.07. The molecule has 1 amide bonds. The maximum Gasteiger partial charge on any atom is 0.490 e. The zero-order valence-electron chi connectivity index (χ0n) is 16.2. The van der Waals surface area contributed by atoms with E-state index in [1.807, 2.05) is 12.1 Å². The standard InChI is InChI=1S/C17H22N4O2.C2HF3O2/c22-17(8-13-3-4-13)18-9-14-10-21-6-5-20(12-16(21)19-14)11-15-2-1-7-23-15;3-2(4,5)1(6)7/h1-2,7,10,13H,3-6,8-9,11-12H2,(H,18,22);(H,6,7). The van der Waals surface area contributed by atoms with E-state index in [1.54, 1.807) is 6.26 Å². The Morgan fingerprint density at radius 1 is 1.30 bits per heavy atom. The van der Waals surface area contributed by atoms with Crippen molar-refractivity contribution in [2.45, 2.75) is 51.6 Å². The van der Waals surface area contributed by atoms with Crippen molar-refractivity contribution in [2.24, 2.45) is 5.92 Å². The highest BCUT2D eigenvalue weighted by molar-refractivity contribution is 5.76. The highest BCUT2D eigenvalue weighted by Crippen LogP contribution is 2.32. The van der Waals surface area contributed by atoms with E-state index < -0.39 is 12.1 Å². The Bertz CT molecular complexity index is 860. The van der Waals surface area contributed by atoms with Crippen LogP contribution < -0.4 is 5.32 Å². The lowest BCUT2D eigenvalue weighted by atomic mass is 10.3. The van der Waals surface area contributed by atoms with Crippen LogP contribution in [-0.4, -0.2) is 44.2 Å². The molecule has 3 heterocycles. The van der Waals surface area contributed by atoms with Crippen LogP contribution in [0.3, 0.4) is 0 Å². The molecule has 0 unspecified atom stereocenters. The van der Waals surface area contributed by atoms with Crippen molar-refractivity contribution >= 4 is 11.9 Å². The molecule has 0 radical (unpaired) electrons. The second-order valence-corrected chi connectivity index (χ2v) is 7.36. The third kappa shape index (κ3) is 6.61.